The number of carbonyl (C=O) groups excluding carboxylic acids is 1. The highest BCUT2D eigenvalue weighted by molar-refractivity contribution is 7.07. The molecule has 0 aliphatic heterocycles. The molecular formula is C21H21NO3S. The number of likely N-dealkylation sites (N-methyl/N-ethyl adjacent to an activating group) is 1. The molecule has 26 heavy (non-hydrogen) atoms. The number of hydrogen-bond donors (Lipinski definition) is 0. The Morgan fingerprint density at radius 1 is 0.923 bits per heavy atom. The Hall–Kier alpha value is -2.79. The average molecular weight is 367 g/mol. The molecule has 1 amide bonds. The molecule has 0 unspecified atom stereocenters. The van der Waals surface area contributed by atoms with Crippen molar-refractivity contribution in [3.8, 4) is 11.5 Å². The van der Waals surface area contributed by atoms with E-state index < -0.39 is 0 Å². The molecule has 4 nitrogen and oxygen atoms in total. The lowest BCUT2D eigenvalue weighted by Gasteiger charge is -2.17. The second-order valence-corrected chi connectivity index (χ2v) is 6.70. The zero-order valence-electron chi connectivity index (χ0n) is 14.6. The number of thiophene rings is 1. The molecule has 0 spiro atoms. The lowest BCUT2D eigenvalue weighted by molar-refractivity contribution is -0.132. The molecule has 3 aromatic rings. The van der Waals surface area contributed by atoms with E-state index in [0.717, 1.165) is 16.9 Å². The second-order valence-electron chi connectivity index (χ2n) is 5.92. The van der Waals surface area contributed by atoms with Gasteiger partial charge >= 0.3 is 0 Å². The third-order valence-electron chi connectivity index (χ3n) is 3.86. The quantitative estimate of drug-likeness (QED) is 0.594. The smallest absolute Gasteiger partial charge is 0.260 e. The van der Waals surface area contributed by atoms with Gasteiger partial charge in [-0.15, -0.1) is 0 Å². The molecule has 0 aliphatic carbocycles. The summed E-state index contributed by atoms with van der Waals surface area (Å²) in [6.45, 7) is 1.13. The first-order valence-electron chi connectivity index (χ1n) is 8.35. The molecule has 0 fully saturated rings. The molecule has 3 rings (SSSR count). The Kier molecular flexibility index (Phi) is 6.28. The van der Waals surface area contributed by atoms with Crippen LogP contribution in [0.15, 0.2) is 71.4 Å². The van der Waals surface area contributed by atoms with Gasteiger partial charge in [-0.3, -0.25) is 4.79 Å². The van der Waals surface area contributed by atoms with Gasteiger partial charge in [-0.1, -0.05) is 30.3 Å². The molecule has 134 valence electrons. The maximum absolute atomic E-state index is 12.1. The van der Waals surface area contributed by atoms with Crippen LogP contribution in [0.4, 0.5) is 0 Å². The Labute approximate surface area is 157 Å². The molecule has 0 atom stereocenters. The number of hydrogen-bond acceptors (Lipinski definition) is 4. The van der Waals surface area contributed by atoms with Crippen molar-refractivity contribution in [2.75, 3.05) is 13.7 Å². The fourth-order valence-corrected chi connectivity index (χ4v) is 3.03. The van der Waals surface area contributed by atoms with Crippen LogP contribution in [0.2, 0.25) is 0 Å². The molecule has 0 bridgehead atoms. The van der Waals surface area contributed by atoms with Gasteiger partial charge in [0.05, 0.1) is 0 Å². The normalized spacial score (nSPS) is 10.3. The molecule has 0 saturated carbocycles. The second kappa shape index (κ2) is 9.06. The van der Waals surface area contributed by atoms with Crippen molar-refractivity contribution in [1.82, 2.24) is 4.90 Å². The first-order valence-corrected chi connectivity index (χ1v) is 9.29. The van der Waals surface area contributed by atoms with E-state index >= 15 is 0 Å². The van der Waals surface area contributed by atoms with Crippen molar-refractivity contribution >= 4 is 17.2 Å². The molecule has 0 N–H and O–H groups in total. The molecular weight excluding hydrogens is 346 g/mol. The number of carbonyl (C=O) groups is 1. The van der Waals surface area contributed by atoms with Crippen LogP contribution in [0, 0.1) is 0 Å². The molecule has 0 saturated heterocycles. The van der Waals surface area contributed by atoms with Gasteiger partial charge in [0.2, 0.25) is 0 Å². The van der Waals surface area contributed by atoms with E-state index in [1.165, 1.54) is 0 Å². The lowest BCUT2D eigenvalue weighted by Crippen LogP contribution is -2.30. The van der Waals surface area contributed by atoms with E-state index in [1.54, 1.807) is 23.3 Å². The van der Waals surface area contributed by atoms with Crippen molar-refractivity contribution in [2.45, 2.75) is 13.2 Å². The molecule has 1 heterocycles. The van der Waals surface area contributed by atoms with E-state index in [9.17, 15) is 4.79 Å². The SMILES string of the molecule is CN(Cc1ccsc1)C(=O)COc1ccc(OCc2ccccc2)cc1. The van der Waals surface area contributed by atoms with Crippen LogP contribution in [-0.2, 0) is 17.9 Å². The van der Waals surface area contributed by atoms with Gasteiger partial charge in [-0.2, -0.15) is 11.3 Å². The van der Waals surface area contributed by atoms with Gasteiger partial charge in [0.25, 0.3) is 5.91 Å². The van der Waals surface area contributed by atoms with E-state index in [4.69, 9.17) is 9.47 Å². The molecule has 2 aromatic carbocycles. The summed E-state index contributed by atoms with van der Waals surface area (Å²) in [6.07, 6.45) is 0. The minimum Gasteiger partial charge on any atom is -0.489 e. The van der Waals surface area contributed by atoms with Gasteiger partial charge in [-0.25, -0.2) is 0 Å². The highest BCUT2D eigenvalue weighted by Gasteiger charge is 2.10. The van der Waals surface area contributed by atoms with E-state index in [-0.39, 0.29) is 12.5 Å². The Bertz CT molecular complexity index is 801. The summed E-state index contributed by atoms with van der Waals surface area (Å²) in [5.41, 5.74) is 2.25. The number of amides is 1. The first-order chi connectivity index (χ1) is 12.7. The largest absolute Gasteiger partial charge is 0.489 e. The third kappa shape index (κ3) is 5.36. The van der Waals surface area contributed by atoms with Crippen LogP contribution in [0.3, 0.4) is 0 Å². The van der Waals surface area contributed by atoms with Crippen molar-refractivity contribution in [2.24, 2.45) is 0 Å². The molecule has 0 aliphatic rings. The number of rotatable bonds is 8. The maximum Gasteiger partial charge on any atom is 0.260 e. The van der Waals surface area contributed by atoms with Gasteiger partial charge in [0.15, 0.2) is 6.61 Å². The standard InChI is InChI=1S/C21H21NO3S/c1-22(13-18-11-12-26-16-18)21(23)15-25-20-9-7-19(8-10-20)24-14-17-5-3-2-4-6-17/h2-12,16H,13-15H2,1H3. The average Bonchev–Trinajstić information content (AvgIpc) is 3.19. The zero-order valence-corrected chi connectivity index (χ0v) is 15.4. The summed E-state index contributed by atoms with van der Waals surface area (Å²) in [4.78, 5) is 13.8. The van der Waals surface area contributed by atoms with Gasteiger partial charge in [0, 0.05) is 13.6 Å². The minimum atomic E-state index is -0.0550. The molecule has 5 heteroatoms. The van der Waals surface area contributed by atoms with Gasteiger partial charge in [0.1, 0.15) is 18.1 Å². The summed E-state index contributed by atoms with van der Waals surface area (Å²) >= 11 is 1.63. The van der Waals surface area contributed by atoms with Crippen LogP contribution in [-0.4, -0.2) is 24.5 Å². The number of ether oxygens (including phenoxy) is 2. The minimum absolute atomic E-state index is 0.0187. The lowest BCUT2D eigenvalue weighted by atomic mass is 10.2. The number of benzene rings is 2. The van der Waals surface area contributed by atoms with Crippen LogP contribution < -0.4 is 9.47 Å². The Morgan fingerprint density at radius 2 is 1.62 bits per heavy atom. The van der Waals surface area contributed by atoms with Crippen molar-refractivity contribution in [1.29, 1.82) is 0 Å². The van der Waals surface area contributed by atoms with Crippen molar-refractivity contribution < 1.29 is 14.3 Å². The third-order valence-corrected chi connectivity index (χ3v) is 4.59. The summed E-state index contributed by atoms with van der Waals surface area (Å²) in [6, 6.07) is 19.3. The summed E-state index contributed by atoms with van der Waals surface area (Å²) in [5.74, 6) is 1.36. The zero-order chi connectivity index (χ0) is 18.2. The van der Waals surface area contributed by atoms with E-state index in [1.807, 2.05) is 71.4 Å². The van der Waals surface area contributed by atoms with Crippen LogP contribution in [0.5, 0.6) is 11.5 Å². The first kappa shape index (κ1) is 18.0. The summed E-state index contributed by atoms with van der Waals surface area (Å²) < 4.78 is 11.3. The van der Waals surface area contributed by atoms with E-state index in [0.29, 0.717) is 18.9 Å². The van der Waals surface area contributed by atoms with Crippen LogP contribution >= 0.6 is 11.3 Å². The maximum atomic E-state index is 12.1. The highest BCUT2D eigenvalue weighted by Crippen LogP contribution is 2.19. The van der Waals surface area contributed by atoms with Crippen molar-refractivity contribution in [3.63, 3.8) is 0 Å². The van der Waals surface area contributed by atoms with Crippen LogP contribution in [0.25, 0.3) is 0 Å². The predicted molar refractivity (Wildman–Crippen MR) is 104 cm³/mol. The van der Waals surface area contributed by atoms with Crippen LogP contribution in [0.1, 0.15) is 11.1 Å². The summed E-state index contributed by atoms with van der Waals surface area (Å²) in [5, 5.41) is 4.05. The Morgan fingerprint density at radius 3 is 2.27 bits per heavy atom. The predicted octanol–water partition coefficient (Wildman–Crippen LogP) is 4.36. The fourth-order valence-electron chi connectivity index (χ4n) is 2.37. The van der Waals surface area contributed by atoms with E-state index in [2.05, 4.69) is 0 Å². The number of nitrogens with zero attached hydrogens (tertiary/aromatic N) is 1. The van der Waals surface area contributed by atoms with Crippen molar-refractivity contribution in [3.05, 3.63) is 82.6 Å². The Balaban J connectivity index is 1.44. The molecule has 1 aromatic heterocycles. The van der Waals surface area contributed by atoms with Gasteiger partial charge < -0.3 is 14.4 Å². The monoisotopic (exact) mass is 367 g/mol. The summed E-state index contributed by atoms with van der Waals surface area (Å²) in [7, 11) is 1.78. The molecule has 0 radical (unpaired) electrons. The highest BCUT2D eigenvalue weighted by atomic mass is 32.1. The fraction of sp³-hybridized carbons (Fsp3) is 0.190. The van der Waals surface area contributed by atoms with Gasteiger partial charge in [-0.05, 0) is 52.2 Å². The topological polar surface area (TPSA) is 38.8 Å².